The highest BCUT2D eigenvalue weighted by molar-refractivity contribution is 6.62. The maximum absolute atomic E-state index is 6.47. The summed E-state index contributed by atoms with van der Waals surface area (Å²) in [6.07, 6.45) is 15.9. The van der Waals surface area contributed by atoms with Crippen LogP contribution in [0.25, 0.3) is 0 Å². The Morgan fingerprint density at radius 2 is 1.00 bits per heavy atom. The molecule has 144 valence electrons. The van der Waals surface area contributed by atoms with E-state index in [9.17, 15) is 0 Å². The summed E-state index contributed by atoms with van der Waals surface area (Å²) in [6.45, 7) is 9.17. The first-order valence-electron chi connectivity index (χ1n) is 10.7. The summed E-state index contributed by atoms with van der Waals surface area (Å²) in [5.41, 5.74) is 0.544. The third-order valence-corrected chi connectivity index (χ3v) is 8.41. The van der Waals surface area contributed by atoms with Crippen LogP contribution in [0.3, 0.4) is 0 Å². The predicted octanol–water partition coefficient (Wildman–Crippen LogP) is 6.49. The first-order chi connectivity index (χ1) is 11.8. The molecule has 1 fully saturated rings. The van der Waals surface area contributed by atoms with Crippen molar-refractivity contribution in [3.63, 3.8) is 0 Å². The quantitative estimate of drug-likeness (QED) is 0.233. The van der Waals surface area contributed by atoms with Gasteiger partial charge in [-0.1, -0.05) is 72.1 Å². The highest BCUT2D eigenvalue weighted by atomic mass is 28.4. The Bertz CT molecular complexity index is 249. The molecule has 0 aliphatic heterocycles. The Labute approximate surface area is 152 Å². The molecule has 0 amide bonds. The molecule has 0 unspecified atom stereocenters. The fraction of sp³-hybridized carbons (Fsp3) is 1.00. The van der Waals surface area contributed by atoms with Crippen LogP contribution in [0.15, 0.2) is 0 Å². The topological polar surface area (TPSA) is 27.7 Å². The molecule has 0 spiro atoms. The predicted molar refractivity (Wildman–Crippen MR) is 104 cm³/mol. The van der Waals surface area contributed by atoms with Crippen molar-refractivity contribution in [1.29, 1.82) is 0 Å². The first kappa shape index (κ1) is 22.1. The number of unbranched alkanes of at least 4 members (excludes halogenated alkanes) is 6. The Balaban J connectivity index is 2.63. The van der Waals surface area contributed by atoms with Crippen LogP contribution in [0.1, 0.15) is 104 Å². The van der Waals surface area contributed by atoms with Gasteiger partial charge in [0, 0.05) is 25.4 Å². The lowest BCUT2D eigenvalue weighted by Gasteiger charge is -2.34. The third kappa shape index (κ3) is 8.46. The molecule has 3 nitrogen and oxygen atoms in total. The Morgan fingerprint density at radius 1 is 0.625 bits per heavy atom. The highest BCUT2D eigenvalue weighted by Crippen LogP contribution is 2.40. The molecule has 0 atom stereocenters. The second-order valence-corrected chi connectivity index (χ2v) is 10.1. The monoisotopic (exact) mass is 358 g/mol. The van der Waals surface area contributed by atoms with Gasteiger partial charge in [-0.2, -0.15) is 0 Å². The van der Waals surface area contributed by atoms with Gasteiger partial charge in [0.25, 0.3) is 0 Å². The summed E-state index contributed by atoms with van der Waals surface area (Å²) in [5.74, 6) is 0. The zero-order chi connectivity index (χ0) is 17.5. The number of hydrogen-bond acceptors (Lipinski definition) is 3. The minimum atomic E-state index is -2.51. The van der Waals surface area contributed by atoms with Crippen LogP contribution in [0.5, 0.6) is 0 Å². The summed E-state index contributed by atoms with van der Waals surface area (Å²) in [5, 5.41) is 0. The molecule has 24 heavy (non-hydrogen) atoms. The maximum atomic E-state index is 6.47. The van der Waals surface area contributed by atoms with Gasteiger partial charge < -0.3 is 13.3 Å². The van der Waals surface area contributed by atoms with Crippen molar-refractivity contribution in [2.45, 2.75) is 110 Å². The molecule has 0 bridgehead atoms. The summed E-state index contributed by atoms with van der Waals surface area (Å²) in [7, 11) is -2.51. The smallest absolute Gasteiger partial charge is 0.373 e. The molecule has 0 saturated heterocycles. The van der Waals surface area contributed by atoms with E-state index in [1.807, 2.05) is 0 Å². The third-order valence-electron chi connectivity index (χ3n) is 5.01. The second kappa shape index (κ2) is 14.3. The van der Waals surface area contributed by atoms with Gasteiger partial charge in [-0.3, -0.25) is 0 Å². The molecule has 0 aromatic heterocycles. The van der Waals surface area contributed by atoms with Gasteiger partial charge in [0.2, 0.25) is 0 Å². The number of hydrogen-bond donors (Lipinski definition) is 0. The van der Waals surface area contributed by atoms with Crippen molar-refractivity contribution in [3.8, 4) is 0 Å². The maximum Gasteiger partial charge on any atom is 0.504 e. The van der Waals surface area contributed by atoms with Crippen LogP contribution in [0.2, 0.25) is 5.54 Å². The zero-order valence-corrected chi connectivity index (χ0v) is 17.6. The molecule has 1 aliphatic carbocycles. The highest BCUT2D eigenvalue weighted by Gasteiger charge is 2.50. The van der Waals surface area contributed by atoms with Gasteiger partial charge in [0.1, 0.15) is 0 Å². The Hall–Kier alpha value is 0.0969. The van der Waals surface area contributed by atoms with E-state index in [2.05, 4.69) is 20.8 Å². The van der Waals surface area contributed by atoms with E-state index in [1.54, 1.807) is 0 Å². The van der Waals surface area contributed by atoms with Crippen LogP contribution in [-0.4, -0.2) is 28.6 Å². The van der Waals surface area contributed by atoms with Crippen LogP contribution in [0, 0.1) is 0 Å². The lowest BCUT2D eigenvalue weighted by Crippen LogP contribution is -2.50. The zero-order valence-electron chi connectivity index (χ0n) is 16.6. The molecule has 0 N–H and O–H groups in total. The standard InChI is InChI=1S/C20H42O3Si/c1-4-7-12-17-21-24(20-15-10-11-16-20,22-18-13-8-5-2)23-19-14-9-6-3/h20H,4-19H2,1-3H3. The van der Waals surface area contributed by atoms with E-state index in [4.69, 9.17) is 13.3 Å². The van der Waals surface area contributed by atoms with Gasteiger partial charge in [0.05, 0.1) is 0 Å². The Morgan fingerprint density at radius 3 is 1.33 bits per heavy atom. The molecular weight excluding hydrogens is 316 g/mol. The van der Waals surface area contributed by atoms with E-state index in [1.165, 1.54) is 64.2 Å². The summed E-state index contributed by atoms with van der Waals surface area (Å²) < 4.78 is 19.4. The molecule has 0 heterocycles. The van der Waals surface area contributed by atoms with Crippen molar-refractivity contribution in [2.75, 3.05) is 19.8 Å². The minimum absolute atomic E-state index is 0.544. The molecule has 1 rings (SSSR count). The van der Waals surface area contributed by atoms with Crippen LogP contribution in [-0.2, 0) is 13.3 Å². The molecular formula is C20H42O3Si. The van der Waals surface area contributed by atoms with Gasteiger partial charge in [-0.25, -0.2) is 0 Å². The molecule has 4 heteroatoms. The van der Waals surface area contributed by atoms with E-state index >= 15 is 0 Å². The molecule has 0 radical (unpaired) electrons. The normalized spacial score (nSPS) is 16.1. The summed E-state index contributed by atoms with van der Waals surface area (Å²) in [4.78, 5) is 0. The fourth-order valence-electron chi connectivity index (χ4n) is 3.46. The van der Waals surface area contributed by atoms with Crippen molar-refractivity contribution < 1.29 is 13.3 Å². The van der Waals surface area contributed by atoms with Crippen molar-refractivity contribution >= 4 is 8.80 Å². The average Bonchev–Trinajstić information content (AvgIpc) is 3.14. The van der Waals surface area contributed by atoms with E-state index in [-0.39, 0.29) is 0 Å². The fourth-order valence-corrected chi connectivity index (χ4v) is 6.82. The van der Waals surface area contributed by atoms with Crippen LogP contribution in [0.4, 0.5) is 0 Å². The van der Waals surface area contributed by atoms with Crippen LogP contribution >= 0.6 is 0 Å². The second-order valence-electron chi connectivity index (χ2n) is 7.25. The SMILES string of the molecule is CCCCCO[Si](OCCCCC)(OCCCCC)C1CCCC1. The summed E-state index contributed by atoms with van der Waals surface area (Å²) in [6, 6.07) is 0. The molecule has 1 aliphatic rings. The van der Waals surface area contributed by atoms with E-state index in [0.29, 0.717) is 5.54 Å². The van der Waals surface area contributed by atoms with Crippen LogP contribution < -0.4 is 0 Å². The van der Waals surface area contributed by atoms with Crippen molar-refractivity contribution in [3.05, 3.63) is 0 Å². The lowest BCUT2D eigenvalue weighted by atomic mass is 10.3. The van der Waals surface area contributed by atoms with Gasteiger partial charge in [-0.15, -0.1) is 0 Å². The van der Waals surface area contributed by atoms with Gasteiger partial charge in [0.15, 0.2) is 0 Å². The molecule has 1 saturated carbocycles. The van der Waals surface area contributed by atoms with Gasteiger partial charge in [-0.05, 0) is 32.1 Å². The van der Waals surface area contributed by atoms with E-state index in [0.717, 1.165) is 39.1 Å². The Kier molecular flexibility index (Phi) is 13.2. The minimum Gasteiger partial charge on any atom is -0.373 e. The first-order valence-corrected chi connectivity index (χ1v) is 12.5. The summed E-state index contributed by atoms with van der Waals surface area (Å²) >= 11 is 0. The molecule has 0 aromatic carbocycles. The average molecular weight is 359 g/mol. The lowest BCUT2D eigenvalue weighted by molar-refractivity contribution is 0.0461. The molecule has 0 aromatic rings. The van der Waals surface area contributed by atoms with E-state index < -0.39 is 8.80 Å². The van der Waals surface area contributed by atoms with Gasteiger partial charge >= 0.3 is 8.80 Å². The van der Waals surface area contributed by atoms with Crippen molar-refractivity contribution in [2.24, 2.45) is 0 Å². The number of rotatable bonds is 16. The largest absolute Gasteiger partial charge is 0.504 e. The van der Waals surface area contributed by atoms with Crippen molar-refractivity contribution in [1.82, 2.24) is 0 Å².